The molecule has 0 aromatic carbocycles. The molecule has 2 aliphatic heterocycles. The summed E-state index contributed by atoms with van der Waals surface area (Å²) in [5.41, 5.74) is 0. The maximum atomic E-state index is 8.92. The van der Waals surface area contributed by atoms with Gasteiger partial charge in [0.15, 0.2) is 0 Å². The summed E-state index contributed by atoms with van der Waals surface area (Å²) in [5.74, 6) is 4.87. The Morgan fingerprint density at radius 1 is 0.392 bits per heavy atom. The molecule has 0 N–H and O–H groups in total. The van der Waals surface area contributed by atoms with Crippen molar-refractivity contribution < 1.29 is 18.4 Å². The molecule has 2 nitrogen and oxygen atoms in total. The molecule has 51 heavy (non-hydrogen) atoms. The van der Waals surface area contributed by atoms with Gasteiger partial charge in [0.1, 0.15) is 0 Å². The monoisotopic (exact) mass is 728 g/mol. The SMILES string of the molecule is [2H]C1C([2H])C([2H])C(C2CCC(N(C3CCC(C4CCCC5C6CCC7OC8CCCCC8C7C6SC45)CC3)C3CCC(C4C([2H])C([2H])C([2H])C([2H])C4[2H])CC3)CC2)C([2H])C1[2H]. The van der Waals surface area contributed by atoms with Crippen LogP contribution in [-0.2, 0) is 4.74 Å². The standard InChI is InChI=1S/C48H79NOS/c1-3-10-32(11-4-1)34-18-24-37(25-19-34)49(38-26-20-35(21-27-38)33-12-5-2-6-13-33)39-28-22-36(23-29-39)40-15-9-16-41-42-30-31-45-46(48(42)51-47(40)41)43-14-7-8-17-44(43)50-45/h32-48H,1-31H2/i1D,2D,3D,4D,5D,6D,10D,11D,12D,13D. The van der Waals surface area contributed by atoms with Crippen LogP contribution in [0.25, 0.3) is 0 Å². The molecule has 10 fully saturated rings. The van der Waals surface area contributed by atoms with Gasteiger partial charge < -0.3 is 4.74 Å². The Bertz CT molecular complexity index is 1390. The number of hydrogen-bond acceptors (Lipinski definition) is 3. The van der Waals surface area contributed by atoms with Crippen LogP contribution in [0.2, 0.25) is 0 Å². The maximum absolute atomic E-state index is 8.92. The lowest BCUT2D eigenvalue weighted by atomic mass is 9.62. The minimum absolute atomic E-state index is 0.176. The first-order chi connectivity index (χ1) is 29.4. The van der Waals surface area contributed by atoms with E-state index >= 15 is 0 Å². The van der Waals surface area contributed by atoms with Crippen molar-refractivity contribution in [2.75, 3.05) is 0 Å². The van der Waals surface area contributed by atoms with Crippen molar-refractivity contribution in [2.24, 2.45) is 59.2 Å². The van der Waals surface area contributed by atoms with Crippen LogP contribution in [0.15, 0.2) is 0 Å². The summed E-state index contributed by atoms with van der Waals surface area (Å²) in [5, 5.41) is 1.66. The molecule has 2 heterocycles. The molecular weight excluding hydrogens is 639 g/mol. The molecule has 10 aliphatic rings. The first-order valence-corrected chi connectivity index (χ1v) is 23.7. The van der Waals surface area contributed by atoms with Crippen LogP contribution in [0.3, 0.4) is 0 Å². The minimum atomic E-state index is -0.968. The second-order valence-electron chi connectivity index (χ2n) is 19.5. The number of rotatable bonds is 6. The number of hydrogen-bond donors (Lipinski definition) is 0. The Balaban J connectivity index is 0.825. The van der Waals surface area contributed by atoms with Crippen molar-refractivity contribution in [1.29, 1.82) is 0 Å². The van der Waals surface area contributed by atoms with E-state index in [2.05, 4.69) is 16.7 Å². The largest absolute Gasteiger partial charge is 0.374 e. The van der Waals surface area contributed by atoms with E-state index < -0.39 is 64.0 Å². The van der Waals surface area contributed by atoms with E-state index in [1.54, 1.807) is 0 Å². The summed E-state index contributed by atoms with van der Waals surface area (Å²) >= 11 is 2.48. The van der Waals surface area contributed by atoms with Crippen molar-refractivity contribution in [3.8, 4) is 0 Å². The molecule has 0 aromatic heterocycles. The summed E-state index contributed by atoms with van der Waals surface area (Å²) in [6.45, 7) is 0. The van der Waals surface area contributed by atoms with Crippen LogP contribution in [0.1, 0.15) is 213 Å². The van der Waals surface area contributed by atoms with Gasteiger partial charge in [0.2, 0.25) is 0 Å². The maximum Gasteiger partial charge on any atom is 0.0621 e. The topological polar surface area (TPSA) is 12.5 Å². The number of nitrogens with zero attached hydrogens (tertiary/aromatic N) is 1. The second-order valence-corrected chi connectivity index (χ2v) is 20.9. The second kappa shape index (κ2) is 16.0. The highest BCUT2D eigenvalue weighted by atomic mass is 32.2. The molecule has 8 saturated carbocycles. The van der Waals surface area contributed by atoms with Crippen LogP contribution in [-0.4, -0.2) is 45.7 Å². The van der Waals surface area contributed by atoms with E-state index in [-0.39, 0.29) is 23.7 Å². The van der Waals surface area contributed by atoms with Gasteiger partial charge in [0.25, 0.3) is 0 Å². The molecule has 0 amide bonds. The first-order valence-electron chi connectivity index (χ1n) is 28.5. The molecule has 17 unspecified atom stereocenters. The molecule has 10 rings (SSSR count). The number of fused-ring (bicyclic) bond motifs is 7. The van der Waals surface area contributed by atoms with Gasteiger partial charge in [-0.1, -0.05) is 83.2 Å². The van der Waals surface area contributed by atoms with E-state index in [4.69, 9.17) is 18.4 Å². The highest BCUT2D eigenvalue weighted by molar-refractivity contribution is 8.00. The molecule has 0 spiro atoms. The lowest BCUT2D eigenvalue weighted by Gasteiger charge is -2.51. The molecule has 0 aromatic rings. The van der Waals surface area contributed by atoms with E-state index in [9.17, 15) is 0 Å². The normalized spacial score (nSPS) is 69.3. The zero-order valence-electron chi connectivity index (χ0n) is 41.7. The fraction of sp³-hybridized carbons (Fsp3) is 1.00. The summed E-state index contributed by atoms with van der Waals surface area (Å²) in [6.07, 6.45) is 18.0. The lowest BCUT2D eigenvalue weighted by Crippen LogP contribution is -2.53. The zero-order valence-corrected chi connectivity index (χ0v) is 32.5. The molecular formula is C48H79NOS. The van der Waals surface area contributed by atoms with Crippen molar-refractivity contribution in [2.45, 2.75) is 240 Å². The Labute approximate surface area is 333 Å². The third-order valence-electron chi connectivity index (χ3n) is 17.4. The van der Waals surface area contributed by atoms with Crippen LogP contribution < -0.4 is 0 Å². The van der Waals surface area contributed by atoms with E-state index in [1.807, 2.05) is 0 Å². The van der Waals surface area contributed by atoms with Gasteiger partial charge in [-0.3, -0.25) is 4.90 Å². The molecule has 0 radical (unpaired) electrons. The first kappa shape index (κ1) is 26.2. The third-order valence-corrected chi connectivity index (χ3v) is 19.3. The van der Waals surface area contributed by atoms with Crippen molar-refractivity contribution in [3.05, 3.63) is 0 Å². The van der Waals surface area contributed by atoms with Gasteiger partial charge in [0.05, 0.1) is 12.2 Å². The van der Waals surface area contributed by atoms with Gasteiger partial charge in [-0.05, 0) is 169 Å². The van der Waals surface area contributed by atoms with Crippen LogP contribution in [0.5, 0.6) is 0 Å². The van der Waals surface area contributed by atoms with Crippen LogP contribution >= 0.6 is 11.8 Å². The third kappa shape index (κ3) is 7.12. The lowest BCUT2D eigenvalue weighted by molar-refractivity contribution is -0.0131. The van der Waals surface area contributed by atoms with Crippen LogP contribution in [0.4, 0.5) is 0 Å². The minimum Gasteiger partial charge on any atom is -0.374 e. The van der Waals surface area contributed by atoms with Gasteiger partial charge in [-0.25, -0.2) is 0 Å². The van der Waals surface area contributed by atoms with Gasteiger partial charge >= 0.3 is 0 Å². The van der Waals surface area contributed by atoms with Crippen molar-refractivity contribution in [1.82, 2.24) is 4.90 Å². The molecule has 2 saturated heterocycles. The van der Waals surface area contributed by atoms with Crippen molar-refractivity contribution >= 4 is 11.8 Å². The predicted octanol–water partition coefficient (Wildman–Crippen LogP) is 13.0. The number of thioether (sulfide) groups is 1. The highest BCUT2D eigenvalue weighted by Crippen LogP contribution is 2.63. The molecule has 288 valence electrons. The van der Waals surface area contributed by atoms with Gasteiger partial charge in [-0.15, -0.1) is 0 Å². The Hall–Kier alpha value is 0.270. The molecule has 8 aliphatic carbocycles. The average molecular weight is 728 g/mol. The predicted molar refractivity (Wildman–Crippen MR) is 215 cm³/mol. The summed E-state index contributed by atoms with van der Waals surface area (Å²) in [6, 6.07) is 1.43. The fourth-order valence-corrected chi connectivity index (χ4v) is 17.6. The molecule has 17 atom stereocenters. The number of ether oxygens (including phenoxy) is 1. The fourth-order valence-electron chi connectivity index (χ4n) is 15.0. The Morgan fingerprint density at radius 2 is 0.902 bits per heavy atom. The summed E-state index contributed by atoms with van der Waals surface area (Å²) in [7, 11) is 0. The van der Waals surface area contributed by atoms with E-state index in [0.717, 1.165) is 97.4 Å². The van der Waals surface area contributed by atoms with Crippen molar-refractivity contribution in [3.63, 3.8) is 0 Å². The van der Waals surface area contributed by atoms with Gasteiger partial charge in [-0.2, -0.15) is 11.8 Å². The van der Waals surface area contributed by atoms with E-state index in [0.29, 0.717) is 30.3 Å². The smallest absolute Gasteiger partial charge is 0.0621 e. The summed E-state index contributed by atoms with van der Waals surface area (Å²) in [4.78, 5) is 2.97. The molecule has 0 bridgehead atoms. The van der Waals surface area contributed by atoms with Crippen LogP contribution in [0, 0.1) is 59.2 Å². The zero-order chi connectivity index (χ0) is 42.4. The quantitative estimate of drug-likeness (QED) is 0.270. The molecule has 3 heteroatoms. The average Bonchev–Trinajstić information content (AvgIpc) is 3.86. The summed E-state index contributed by atoms with van der Waals surface area (Å²) < 4.78 is 93.4. The van der Waals surface area contributed by atoms with E-state index in [1.165, 1.54) is 83.5 Å². The Kier molecular flexibility index (Phi) is 8.24. The highest BCUT2D eigenvalue weighted by Gasteiger charge is 2.60. The van der Waals surface area contributed by atoms with Gasteiger partial charge in [0, 0.05) is 48.3 Å². The Morgan fingerprint density at radius 3 is 1.51 bits per heavy atom.